The summed E-state index contributed by atoms with van der Waals surface area (Å²) in [4.78, 5) is 22.9. The third kappa shape index (κ3) is 4.12. The van der Waals surface area contributed by atoms with Crippen LogP contribution >= 0.6 is 0 Å². The second kappa shape index (κ2) is 8.52. The van der Waals surface area contributed by atoms with Crippen molar-refractivity contribution in [1.82, 2.24) is 14.5 Å². The monoisotopic (exact) mass is 409 g/mol. The highest BCUT2D eigenvalue weighted by Gasteiger charge is 2.23. The van der Waals surface area contributed by atoms with Crippen molar-refractivity contribution in [2.45, 2.75) is 18.9 Å². The molecule has 1 aliphatic heterocycles. The molecule has 0 saturated carbocycles. The van der Waals surface area contributed by atoms with Gasteiger partial charge in [-0.1, -0.05) is 6.07 Å². The molecule has 8 heteroatoms. The lowest BCUT2D eigenvalue weighted by Crippen LogP contribution is -2.42. The molecule has 0 bridgehead atoms. The third-order valence-electron chi connectivity index (χ3n) is 5.38. The largest absolute Gasteiger partial charge is 0.497 e. The van der Waals surface area contributed by atoms with E-state index in [9.17, 15) is 9.18 Å². The van der Waals surface area contributed by atoms with E-state index in [1.54, 1.807) is 14.2 Å². The summed E-state index contributed by atoms with van der Waals surface area (Å²) in [5.41, 5.74) is 1.40. The van der Waals surface area contributed by atoms with Gasteiger partial charge in [-0.15, -0.1) is 0 Å². The van der Waals surface area contributed by atoms with Crippen LogP contribution in [-0.2, 0) is 7.05 Å². The number of methoxy groups -OCH3 is 1. The number of hydrogen-bond donors (Lipinski definition) is 1. The summed E-state index contributed by atoms with van der Waals surface area (Å²) in [5, 5.41) is 3.55. The summed E-state index contributed by atoms with van der Waals surface area (Å²) < 4.78 is 20.9. The molecule has 2 aromatic heterocycles. The van der Waals surface area contributed by atoms with E-state index in [4.69, 9.17) is 4.74 Å². The van der Waals surface area contributed by atoms with E-state index in [0.717, 1.165) is 43.6 Å². The van der Waals surface area contributed by atoms with Gasteiger partial charge in [0.25, 0.3) is 5.56 Å². The fourth-order valence-corrected chi connectivity index (χ4v) is 3.70. The van der Waals surface area contributed by atoms with Crippen LogP contribution in [0.15, 0.2) is 53.6 Å². The Bertz CT molecular complexity index is 1090. The molecule has 3 heterocycles. The molecule has 1 aromatic carbocycles. The van der Waals surface area contributed by atoms with Crippen LogP contribution in [-0.4, -0.2) is 40.8 Å². The van der Waals surface area contributed by atoms with Gasteiger partial charge >= 0.3 is 0 Å². The van der Waals surface area contributed by atoms with Gasteiger partial charge in [0.2, 0.25) is 5.95 Å². The van der Waals surface area contributed by atoms with Gasteiger partial charge in [0.1, 0.15) is 5.75 Å². The normalized spacial score (nSPS) is 14.6. The number of anilines is 2. The van der Waals surface area contributed by atoms with E-state index in [2.05, 4.69) is 20.2 Å². The number of halogens is 1. The highest BCUT2D eigenvalue weighted by Crippen LogP contribution is 2.25. The lowest BCUT2D eigenvalue weighted by molar-refractivity contribution is 0.415. The summed E-state index contributed by atoms with van der Waals surface area (Å²) in [5.74, 6) is 0.871. The van der Waals surface area contributed by atoms with Crippen LogP contribution in [0.5, 0.6) is 5.75 Å². The molecule has 1 fully saturated rings. The van der Waals surface area contributed by atoms with Gasteiger partial charge in [-0.05, 0) is 31.0 Å². The average Bonchev–Trinajstić information content (AvgIpc) is 2.77. The van der Waals surface area contributed by atoms with Crippen LogP contribution < -0.4 is 20.5 Å². The van der Waals surface area contributed by atoms with Crippen LogP contribution in [0.2, 0.25) is 0 Å². The van der Waals surface area contributed by atoms with Gasteiger partial charge in [0, 0.05) is 55.8 Å². The number of aromatic nitrogens is 3. The van der Waals surface area contributed by atoms with Gasteiger partial charge in [-0.3, -0.25) is 14.3 Å². The summed E-state index contributed by atoms with van der Waals surface area (Å²) in [6, 6.07) is 11.1. The van der Waals surface area contributed by atoms with Gasteiger partial charge in [0.05, 0.1) is 19.0 Å². The molecule has 0 atom stereocenters. The Kier molecular flexibility index (Phi) is 5.65. The maximum atomic E-state index is 14.2. The first-order chi connectivity index (χ1) is 14.5. The molecule has 3 aromatic rings. The topological polar surface area (TPSA) is 72.3 Å². The molecule has 0 aliphatic carbocycles. The first kappa shape index (κ1) is 19.9. The fraction of sp³-hybridized carbons (Fsp3) is 0.318. The molecule has 1 aliphatic rings. The second-order valence-corrected chi connectivity index (χ2v) is 7.33. The molecule has 0 spiro atoms. The summed E-state index contributed by atoms with van der Waals surface area (Å²) in [6.07, 6.45) is 4.40. The second-order valence-electron chi connectivity index (χ2n) is 7.33. The number of ether oxygens (including phenoxy) is 1. The van der Waals surface area contributed by atoms with Gasteiger partial charge in [-0.25, -0.2) is 9.37 Å². The molecule has 0 unspecified atom stereocenters. The molecule has 1 N–H and O–H groups in total. The summed E-state index contributed by atoms with van der Waals surface area (Å²) in [7, 11) is 3.35. The number of benzene rings is 1. The highest BCUT2D eigenvalue weighted by molar-refractivity contribution is 5.60. The van der Waals surface area contributed by atoms with Crippen LogP contribution in [0.25, 0.3) is 11.3 Å². The average molecular weight is 409 g/mol. The minimum atomic E-state index is -0.495. The van der Waals surface area contributed by atoms with Crippen molar-refractivity contribution >= 4 is 11.6 Å². The van der Waals surface area contributed by atoms with Crippen molar-refractivity contribution in [2.75, 3.05) is 30.4 Å². The van der Waals surface area contributed by atoms with Gasteiger partial charge < -0.3 is 15.0 Å². The maximum Gasteiger partial charge on any atom is 0.255 e. The molecule has 7 nitrogen and oxygen atoms in total. The van der Waals surface area contributed by atoms with E-state index >= 15 is 0 Å². The minimum Gasteiger partial charge on any atom is -0.497 e. The SMILES string of the molecule is COc1cccc(NC2CCN(c3nc(-c4ccncc4F)cc(=O)n3C)CC2)c1. The molecule has 1 saturated heterocycles. The van der Waals surface area contributed by atoms with Crippen molar-refractivity contribution in [3.8, 4) is 17.0 Å². The van der Waals surface area contributed by atoms with E-state index in [1.807, 2.05) is 24.3 Å². The molecule has 156 valence electrons. The lowest BCUT2D eigenvalue weighted by Gasteiger charge is -2.34. The zero-order valence-electron chi connectivity index (χ0n) is 17.0. The third-order valence-corrected chi connectivity index (χ3v) is 5.38. The summed E-state index contributed by atoms with van der Waals surface area (Å²) >= 11 is 0. The molecular formula is C22H24FN5O2. The lowest BCUT2D eigenvalue weighted by atomic mass is 10.0. The quantitative estimate of drug-likeness (QED) is 0.698. The van der Waals surface area contributed by atoms with Crippen LogP contribution in [0.1, 0.15) is 12.8 Å². The Labute approximate surface area is 174 Å². The number of hydrogen-bond acceptors (Lipinski definition) is 6. The van der Waals surface area contributed by atoms with Gasteiger partial charge in [-0.2, -0.15) is 0 Å². The number of rotatable bonds is 5. The first-order valence-electron chi connectivity index (χ1n) is 9.88. The van der Waals surface area contributed by atoms with Crippen molar-refractivity contribution in [2.24, 2.45) is 7.05 Å². The van der Waals surface area contributed by atoms with Crippen molar-refractivity contribution < 1.29 is 9.13 Å². The molecule has 30 heavy (non-hydrogen) atoms. The number of nitrogens with one attached hydrogen (secondary N) is 1. The molecule has 4 rings (SSSR count). The fourth-order valence-electron chi connectivity index (χ4n) is 3.70. The predicted octanol–water partition coefficient (Wildman–Crippen LogP) is 3.07. The zero-order valence-corrected chi connectivity index (χ0v) is 17.0. The summed E-state index contributed by atoms with van der Waals surface area (Å²) in [6.45, 7) is 1.48. The Morgan fingerprint density at radius 3 is 2.73 bits per heavy atom. The minimum absolute atomic E-state index is 0.220. The van der Waals surface area contributed by atoms with Crippen LogP contribution in [0, 0.1) is 5.82 Å². The number of piperidine rings is 1. The number of nitrogens with zero attached hydrogens (tertiary/aromatic N) is 4. The van der Waals surface area contributed by atoms with E-state index in [-0.39, 0.29) is 11.1 Å². The highest BCUT2D eigenvalue weighted by atomic mass is 19.1. The van der Waals surface area contributed by atoms with Gasteiger partial charge in [0.15, 0.2) is 5.82 Å². The smallest absolute Gasteiger partial charge is 0.255 e. The standard InChI is InChI=1S/C22H24FN5O2/c1-27-21(29)13-20(18-6-9-24-14-19(18)23)26-22(27)28-10-7-15(8-11-28)25-16-4-3-5-17(12-16)30-2/h3-6,9,12-15,25H,7-8,10-11H2,1-2H3. The number of pyridine rings is 1. The molecule has 0 amide bonds. The van der Waals surface area contributed by atoms with Crippen molar-refractivity contribution in [1.29, 1.82) is 0 Å². The van der Waals surface area contributed by atoms with Crippen LogP contribution in [0.3, 0.4) is 0 Å². The Morgan fingerprint density at radius 1 is 1.20 bits per heavy atom. The van der Waals surface area contributed by atoms with Crippen LogP contribution in [0.4, 0.5) is 16.0 Å². The zero-order chi connectivity index (χ0) is 21.1. The predicted molar refractivity (Wildman–Crippen MR) is 115 cm³/mol. The maximum absolute atomic E-state index is 14.2. The first-order valence-corrected chi connectivity index (χ1v) is 9.88. The molecule has 0 radical (unpaired) electrons. The van der Waals surface area contributed by atoms with E-state index in [1.165, 1.54) is 22.9 Å². The van der Waals surface area contributed by atoms with Crippen molar-refractivity contribution in [3.05, 3.63) is 65.0 Å². The Hall–Kier alpha value is -3.42. The van der Waals surface area contributed by atoms with Crippen molar-refractivity contribution in [3.63, 3.8) is 0 Å². The Morgan fingerprint density at radius 2 is 2.00 bits per heavy atom. The van der Waals surface area contributed by atoms with E-state index < -0.39 is 5.82 Å². The van der Waals surface area contributed by atoms with E-state index in [0.29, 0.717) is 17.7 Å². The Balaban J connectivity index is 1.50. The molecular weight excluding hydrogens is 385 g/mol.